The largest absolute Gasteiger partial charge is 0.494 e. The highest BCUT2D eigenvalue weighted by molar-refractivity contribution is 7.13. The minimum Gasteiger partial charge on any atom is -0.494 e. The first kappa shape index (κ1) is 16.0. The van der Waals surface area contributed by atoms with Gasteiger partial charge in [-0.15, -0.1) is 11.3 Å². The summed E-state index contributed by atoms with van der Waals surface area (Å²) in [5.41, 5.74) is 1.77. The molecule has 3 rings (SSSR count). The van der Waals surface area contributed by atoms with Gasteiger partial charge in [0.25, 0.3) is 0 Å². The summed E-state index contributed by atoms with van der Waals surface area (Å²) < 4.78 is 5.43. The third-order valence-electron chi connectivity index (χ3n) is 3.89. The monoisotopic (exact) mass is 332 g/mol. The Morgan fingerprint density at radius 3 is 2.78 bits per heavy atom. The molecule has 1 fully saturated rings. The van der Waals surface area contributed by atoms with Crippen LogP contribution in [0.15, 0.2) is 29.6 Å². The number of aliphatic hydroxyl groups excluding tert-OH is 1. The first-order valence-electron chi connectivity index (χ1n) is 7.80. The summed E-state index contributed by atoms with van der Waals surface area (Å²) in [6.07, 6.45) is 1.47. The Morgan fingerprint density at radius 1 is 1.39 bits per heavy atom. The lowest BCUT2D eigenvalue weighted by Gasteiger charge is -2.32. The predicted molar refractivity (Wildman–Crippen MR) is 89.6 cm³/mol. The van der Waals surface area contributed by atoms with Gasteiger partial charge < -0.3 is 15.2 Å². The van der Waals surface area contributed by atoms with Crippen LogP contribution >= 0.6 is 11.3 Å². The molecular weight excluding hydrogens is 312 g/mol. The molecule has 1 aliphatic rings. The molecular formula is C17H20N2O3S. The maximum atomic E-state index is 11.9. The van der Waals surface area contributed by atoms with Gasteiger partial charge in [-0.3, -0.25) is 4.79 Å². The number of hydrogen-bond donors (Lipinski definition) is 2. The average molecular weight is 332 g/mol. The minimum atomic E-state index is -0.395. The van der Waals surface area contributed by atoms with E-state index in [1.165, 1.54) is 11.3 Å². The van der Waals surface area contributed by atoms with E-state index >= 15 is 0 Å². The number of aliphatic hydroxyl groups is 1. The summed E-state index contributed by atoms with van der Waals surface area (Å²) in [7, 11) is 0. The predicted octanol–water partition coefficient (Wildman–Crippen LogP) is 2.39. The van der Waals surface area contributed by atoms with Gasteiger partial charge in [0, 0.05) is 10.9 Å². The number of rotatable bonds is 6. The summed E-state index contributed by atoms with van der Waals surface area (Å²) in [5, 5.41) is 15.1. The van der Waals surface area contributed by atoms with Crippen LogP contribution in [0, 0.1) is 0 Å². The van der Waals surface area contributed by atoms with E-state index < -0.39 is 6.10 Å². The van der Waals surface area contributed by atoms with E-state index in [9.17, 15) is 9.90 Å². The van der Waals surface area contributed by atoms with Crippen LogP contribution in [0.5, 0.6) is 5.75 Å². The first-order valence-corrected chi connectivity index (χ1v) is 8.68. The lowest BCUT2D eigenvalue weighted by atomic mass is 9.89. The van der Waals surface area contributed by atoms with E-state index in [4.69, 9.17) is 4.74 Å². The summed E-state index contributed by atoms with van der Waals surface area (Å²) in [4.78, 5) is 16.5. The third-order valence-corrected chi connectivity index (χ3v) is 4.83. The van der Waals surface area contributed by atoms with Crippen LogP contribution in [-0.2, 0) is 11.2 Å². The molecule has 6 heteroatoms. The van der Waals surface area contributed by atoms with Crippen molar-refractivity contribution in [1.29, 1.82) is 0 Å². The number of carbonyl (C=O) groups is 1. The maximum Gasteiger partial charge on any atom is 0.226 e. The molecule has 1 aromatic carbocycles. The van der Waals surface area contributed by atoms with Crippen LogP contribution in [0.1, 0.15) is 25.5 Å². The molecule has 5 nitrogen and oxygen atoms in total. The molecule has 1 heterocycles. The van der Waals surface area contributed by atoms with Crippen molar-refractivity contribution < 1.29 is 14.6 Å². The van der Waals surface area contributed by atoms with Crippen molar-refractivity contribution in [2.24, 2.45) is 0 Å². The lowest BCUT2D eigenvalue weighted by Crippen LogP contribution is -2.50. The van der Waals surface area contributed by atoms with E-state index in [1.54, 1.807) is 0 Å². The second-order valence-corrected chi connectivity index (χ2v) is 6.45. The van der Waals surface area contributed by atoms with Gasteiger partial charge in [0.1, 0.15) is 10.8 Å². The Bertz CT molecular complexity index is 669. The van der Waals surface area contributed by atoms with Gasteiger partial charge in [-0.2, -0.15) is 0 Å². The fourth-order valence-electron chi connectivity index (χ4n) is 2.45. The topological polar surface area (TPSA) is 71.5 Å². The van der Waals surface area contributed by atoms with E-state index in [-0.39, 0.29) is 18.4 Å². The molecule has 2 atom stereocenters. The van der Waals surface area contributed by atoms with Crippen molar-refractivity contribution in [3.05, 3.63) is 35.3 Å². The van der Waals surface area contributed by atoms with Gasteiger partial charge in [0.15, 0.2) is 0 Å². The number of aromatic nitrogens is 1. The van der Waals surface area contributed by atoms with Crippen LogP contribution < -0.4 is 10.1 Å². The Hall–Kier alpha value is -1.92. The van der Waals surface area contributed by atoms with Crippen molar-refractivity contribution in [1.82, 2.24) is 10.3 Å². The molecule has 0 spiro atoms. The van der Waals surface area contributed by atoms with Crippen molar-refractivity contribution in [3.63, 3.8) is 0 Å². The van der Waals surface area contributed by atoms with Crippen LogP contribution in [0.25, 0.3) is 10.6 Å². The van der Waals surface area contributed by atoms with Gasteiger partial charge in [0.2, 0.25) is 5.91 Å². The molecule has 1 amide bonds. The Kier molecular flexibility index (Phi) is 4.93. The number of nitrogens with one attached hydrogen (secondary N) is 1. The van der Waals surface area contributed by atoms with Crippen molar-refractivity contribution >= 4 is 17.2 Å². The highest BCUT2D eigenvalue weighted by atomic mass is 32.1. The number of amides is 1. The van der Waals surface area contributed by atoms with Crippen LogP contribution in [0.4, 0.5) is 0 Å². The number of thiazole rings is 1. The molecule has 1 aromatic heterocycles. The second kappa shape index (κ2) is 7.10. The highest BCUT2D eigenvalue weighted by Gasteiger charge is 2.30. The molecule has 1 aliphatic carbocycles. The van der Waals surface area contributed by atoms with Crippen LogP contribution in [0.2, 0.25) is 0 Å². The maximum absolute atomic E-state index is 11.9. The number of nitrogens with zero attached hydrogens (tertiary/aromatic N) is 1. The van der Waals surface area contributed by atoms with E-state index in [0.29, 0.717) is 6.61 Å². The fraction of sp³-hybridized carbons (Fsp3) is 0.412. The minimum absolute atomic E-state index is 0.0858. The summed E-state index contributed by atoms with van der Waals surface area (Å²) in [5.74, 6) is 0.753. The normalized spacial score (nSPS) is 19.9. The van der Waals surface area contributed by atoms with E-state index in [2.05, 4.69) is 10.3 Å². The molecule has 23 heavy (non-hydrogen) atoms. The zero-order chi connectivity index (χ0) is 16.2. The molecule has 0 unspecified atom stereocenters. The molecule has 0 radical (unpaired) electrons. The highest BCUT2D eigenvalue weighted by Crippen LogP contribution is 2.26. The standard InChI is InChI=1S/C17H20N2O3S/c1-2-22-13-5-3-11(4-6-13)17-18-12(10-23-17)9-16(21)19-14-7-8-15(14)20/h3-6,10,14-15,20H,2,7-9H2,1H3,(H,19,21)/t14-,15-/m1/s1. The molecule has 122 valence electrons. The van der Waals surface area contributed by atoms with Gasteiger partial charge >= 0.3 is 0 Å². The van der Waals surface area contributed by atoms with Crippen LogP contribution in [0.3, 0.4) is 0 Å². The number of benzene rings is 1. The number of ether oxygens (including phenoxy) is 1. The third kappa shape index (κ3) is 3.89. The lowest BCUT2D eigenvalue weighted by molar-refractivity contribution is -0.123. The summed E-state index contributed by atoms with van der Waals surface area (Å²) in [6, 6.07) is 7.69. The van der Waals surface area contributed by atoms with Crippen molar-refractivity contribution in [2.45, 2.75) is 38.3 Å². The molecule has 0 saturated heterocycles. The van der Waals surface area contributed by atoms with E-state index in [0.717, 1.165) is 34.9 Å². The summed E-state index contributed by atoms with van der Waals surface area (Å²) in [6.45, 7) is 2.60. The quantitative estimate of drug-likeness (QED) is 0.852. The zero-order valence-corrected chi connectivity index (χ0v) is 13.8. The molecule has 1 saturated carbocycles. The second-order valence-electron chi connectivity index (χ2n) is 5.60. The van der Waals surface area contributed by atoms with Gasteiger partial charge in [0.05, 0.1) is 30.9 Å². The Morgan fingerprint density at radius 2 is 2.17 bits per heavy atom. The van der Waals surface area contributed by atoms with Crippen LogP contribution in [-0.4, -0.2) is 34.8 Å². The first-order chi connectivity index (χ1) is 11.2. The average Bonchev–Trinajstić information content (AvgIpc) is 3.00. The van der Waals surface area contributed by atoms with Crippen molar-refractivity contribution in [3.8, 4) is 16.3 Å². The molecule has 2 aromatic rings. The Balaban J connectivity index is 1.59. The molecule has 2 N–H and O–H groups in total. The Labute approximate surface area is 139 Å². The molecule has 0 aliphatic heterocycles. The van der Waals surface area contributed by atoms with Gasteiger partial charge in [-0.1, -0.05) is 0 Å². The SMILES string of the molecule is CCOc1ccc(-c2nc(CC(=O)N[C@@H]3CC[C@H]3O)cs2)cc1. The number of hydrogen-bond acceptors (Lipinski definition) is 5. The summed E-state index contributed by atoms with van der Waals surface area (Å²) >= 11 is 1.52. The van der Waals surface area contributed by atoms with Gasteiger partial charge in [-0.25, -0.2) is 4.98 Å². The zero-order valence-electron chi connectivity index (χ0n) is 13.0. The smallest absolute Gasteiger partial charge is 0.226 e. The van der Waals surface area contributed by atoms with Gasteiger partial charge in [-0.05, 0) is 44.0 Å². The fourth-order valence-corrected chi connectivity index (χ4v) is 3.28. The number of carbonyl (C=O) groups excluding carboxylic acids is 1. The van der Waals surface area contributed by atoms with E-state index in [1.807, 2.05) is 36.6 Å². The molecule has 0 bridgehead atoms. The van der Waals surface area contributed by atoms with Crippen molar-refractivity contribution in [2.75, 3.05) is 6.61 Å².